The van der Waals surface area contributed by atoms with Gasteiger partial charge in [-0.25, -0.2) is 4.39 Å². The minimum absolute atomic E-state index is 0. The van der Waals surface area contributed by atoms with Gasteiger partial charge < -0.3 is 15.6 Å². The summed E-state index contributed by atoms with van der Waals surface area (Å²) in [6.45, 7) is -0.195. The Balaban J connectivity index is 0.00000176. The van der Waals surface area contributed by atoms with E-state index in [1.807, 2.05) is 0 Å². The predicted octanol–water partition coefficient (Wildman–Crippen LogP) is 1.73. The summed E-state index contributed by atoms with van der Waals surface area (Å²) in [5.74, 6) is -2.94. The molecule has 0 saturated heterocycles. The van der Waals surface area contributed by atoms with Crippen LogP contribution in [0.5, 0.6) is 0 Å². The third-order valence-corrected chi connectivity index (χ3v) is 4.64. The van der Waals surface area contributed by atoms with Crippen LogP contribution in [0.15, 0.2) is 24.3 Å². The summed E-state index contributed by atoms with van der Waals surface area (Å²) >= 11 is 0. The molecule has 0 amide bonds. The van der Waals surface area contributed by atoms with E-state index in [9.17, 15) is 14.0 Å². The molecular weight excluding hydrogens is 313 g/mol. The molecule has 5 nitrogen and oxygen atoms in total. The number of fused-ring (bicyclic) bond motifs is 1. The van der Waals surface area contributed by atoms with Gasteiger partial charge >= 0.3 is 11.9 Å². The smallest absolute Gasteiger partial charge is 0.326 e. The topological polar surface area (TPSA) is 89.6 Å². The van der Waals surface area contributed by atoms with Gasteiger partial charge in [-0.05, 0) is 24.8 Å². The van der Waals surface area contributed by atoms with Gasteiger partial charge in [0.2, 0.25) is 0 Å². The van der Waals surface area contributed by atoms with E-state index < -0.39 is 29.2 Å². The van der Waals surface area contributed by atoms with Gasteiger partial charge in [-0.3, -0.25) is 9.59 Å². The number of hydrogen-bond donors (Lipinski definition) is 2. The minimum atomic E-state index is -1.25. The van der Waals surface area contributed by atoms with Crippen molar-refractivity contribution in [2.75, 3.05) is 0 Å². The lowest BCUT2D eigenvalue weighted by Crippen LogP contribution is -2.50. The molecule has 0 bridgehead atoms. The first-order chi connectivity index (χ1) is 9.95. The molecule has 120 valence electrons. The number of aliphatic carboxylic acids is 1. The molecule has 22 heavy (non-hydrogen) atoms. The average molecular weight is 330 g/mol. The fourth-order valence-electron chi connectivity index (χ4n) is 3.48. The first kappa shape index (κ1) is 16.7. The number of carbonyl (C=O) groups excluding carboxylic acids is 1. The van der Waals surface area contributed by atoms with Gasteiger partial charge in [0.05, 0.1) is 5.92 Å². The standard InChI is InChI=1S/C15H16FNO4.ClH/c16-10-4-2-1-3-8(10)7-21-14(20)15(17)6-5-9-11(12(9)15)13(18)19;/h1-4,9,11-12H,5-7,17H2,(H,18,19);1H/t9-,11-,12-,15-;/m0./s1. The van der Waals surface area contributed by atoms with E-state index in [1.54, 1.807) is 12.1 Å². The Kier molecular flexibility index (Phi) is 4.44. The van der Waals surface area contributed by atoms with Crippen LogP contribution in [-0.2, 0) is 20.9 Å². The van der Waals surface area contributed by atoms with E-state index in [-0.39, 0.29) is 36.4 Å². The highest BCUT2D eigenvalue weighted by Crippen LogP contribution is 2.61. The second kappa shape index (κ2) is 5.85. The zero-order chi connectivity index (χ0) is 15.2. The predicted molar refractivity (Wildman–Crippen MR) is 77.7 cm³/mol. The van der Waals surface area contributed by atoms with Crippen LogP contribution in [0, 0.1) is 23.6 Å². The molecule has 3 N–H and O–H groups in total. The molecule has 2 aliphatic rings. The molecule has 0 spiro atoms. The van der Waals surface area contributed by atoms with Crippen molar-refractivity contribution in [3.63, 3.8) is 0 Å². The highest BCUT2D eigenvalue weighted by atomic mass is 35.5. The SMILES string of the molecule is Cl.N[C@@]1(C(=O)OCc2ccccc2F)CC[C@H]2[C@H](C(=O)O)[C@H]21. The van der Waals surface area contributed by atoms with Gasteiger partial charge in [0, 0.05) is 11.5 Å². The Morgan fingerprint density at radius 2 is 2.09 bits per heavy atom. The molecule has 0 heterocycles. The number of carboxylic acid groups (broad SMARTS) is 1. The number of halogens is 2. The fraction of sp³-hybridized carbons (Fsp3) is 0.467. The van der Waals surface area contributed by atoms with E-state index in [2.05, 4.69) is 0 Å². The molecule has 0 radical (unpaired) electrons. The maximum absolute atomic E-state index is 13.5. The number of esters is 1. The van der Waals surface area contributed by atoms with E-state index in [4.69, 9.17) is 15.6 Å². The molecule has 2 fully saturated rings. The third kappa shape index (κ3) is 2.57. The number of carbonyl (C=O) groups is 2. The molecule has 0 unspecified atom stereocenters. The first-order valence-corrected chi connectivity index (χ1v) is 6.87. The maximum atomic E-state index is 13.5. The van der Waals surface area contributed by atoms with E-state index >= 15 is 0 Å². The van der Waals surface area contributed by atoms with E-state index in [0.29, 0.717) is 12.8 Å². The van der Waals surface area contributed by atoms with Gasteiger partial charge in [0.1, 0.15) is 18.0 Å². The molecule has 0 aromatic heterocycles. The summed E-state index contributed by atoms with van der Waals surface area (Å²) in [4.78, 5) is 23.2. The van der Waals surface area contributed by atoms with Gasteiger partial charge in [0.15, 0.2) is 0 Å². The molecule has 4 atom stereocenters. The molecule has 1 aromatic carbocycles. The van der Waals surface area contributed by atoms with Crippen LogP contribution in [-0.4, -0.2) is 22.6 Å². The molecule has 2 aliphatic carbocycles. The lowest BCUT2D eigenvalue weighted by Gasteiger charge is -2.24. The van der Waals surface area contributed by atoms with Crippen molar-refractivity contribution in [3.05, 3.63) is 35.6 Å². The molecular formula is C15H17ClFNO4. The quantitative estimate of drug-likeness (QED) is 0.821. The fourth-order valence-corrected chi connectivity index (χ4v) is 3.48. The van der Waals surface area contributed by atoms with Crippen LogP contribution in [0.1, 0.15) is 18.4 Å². The molecule has 2 saturated carbocycles. The van der Waals surface area contributed by atoms with Crippen molar-refractivity contribution in [2.24, 2.45) is 23.5 Å². The Morgan fingerprint density at radius 3 is 2.68 bits per heavy atom. The summed E-state index contributed by atoms with van der Waals surface area (Å²) in [6, 6.07) is 6.01. The van der Waals surface area contributed by atoms with Crippen molar-refractivity contribution >= 4 is 24.3 Å². The van der Waals surface area contributed by atoms with Gasteiger partial charge in [-0.15, -0.1) is 12.4 Å². The Hall–Kier alpha value is -1.66. The van der Waals surface area contributed by atoms with Crippen LogP contribution in [0.4, 0.5) is 4.39 Å². The second-order valence-electron chi connectivity index (χ2n) is 5.80. The number of rotatable bonds is 4. The van der Waals surface area contributed by atoms with Crippen LogP contribution >= 0.6 is 12.4 Å². The maximum Gasteiger partial charge on any atom is 0.326 e. The summed E-state index contributed by atoms with van der Waals surface area (Å²) in [5, 5.41) is 9.06. The van der Waals surface area contributed by atoms with Crippen molar-refractivity contribution in [3.8, 4) is 0 Å². The summed E-state index contributed by atoms with van der Waals surface area (Å²) < 4.78 is 18.6. The molecule has 7 heteroatoms. The average Bonchev–Trinajstić information content (AvgIpc) is 3.10. The highest BCUT2D eigenvalue weighted by molar-refractivity contribution is 5.86. The number of benzene rings is 1. The monoisotopic (exact) mass is 329 g/mol. The molecule has 1 aromatic rings. The lowest BCUT2D eigenvalue weighted by atomic mass is 9.91. The van der Waals surface area contributed by atoms with Crippen molar-refractivity contribution in [2.45, 2.75) is 25.0 Å². The summed E-state index contributed by atoms with van der Waals surface area (Å²) in [7, 11) is 0. The Morgan fingerprint density at radius 1 is 1.41 bits per heavy atom. The van der Waals surface area contributed by atoms with Crippen LogP contribution < -0.4 is 5.73 Å². The zero-order valence-corrected chi connectivity index (χ0v) is 12.5. The van der Waals surface area contributed by atoms with Gasteiger partial charge in [0.25, 0.3) is 0 Å². The van der Waals surface area contributed by atoms with Crippen LogP contribution in [0.2, 0.25) is 0 Å². The third-order valence-electron chi connectivity index (χ3n) is 4.64. The lowest BCUT2D eigenvalue weighted by molar-refractivity contribution is -0.153. The van der Waals surface area contributed by atoms with Gasteiger partial charge in [-0.2, -0.15) is 0 Å². The largest absolute Gasteiger partial charge is 0.481 e. The number of hydrogen-bond acceptors (Lipinski definition) is 4. The van der Waals surface area contributed by atoms with Gasteiger partial charge in [-0.1, -0.05) is 18.2 Å². The second-order valence-corrected chi connectivity index (χ2v) is 5.80. The van der Waals surface area contributed by atoms with E-state index in [0.717, 1.165) is 0 Å². The van der Waals surface area contributed by atoms with Crippen molar-refractivity contribution < 1.29 is 23.8 Å². The summed E-state index contributed by atoms with van der Waals surface area (Å²) in [6.07, 6.45) is 1.04. The van der Waals surface area contributed by atoms with Crippen molar-refractivity contribution in [1.82, 2.24) is 0 Å². The zero-order valence-electron chi connectivity index (χ0n) is 11.7. The first-order valence-electron chi connectivity index (χ1n) is 6.87. The minimum Gasteiger partial charge on any atom is -0.481 e. The molecule has 3 rings (SSSR count). The normalized spacial score (nSPS) is 31.8. The number of ether oxygens (including phenoxy) is 1. The molecule has 0 aliphatic heterocycles. The number of carboxylic acids is 1. The Bertz CT molecular complexity index is 611. The highest BCUT2D eigenvalue weighted by Gasteiger charge is 2.70. The van der Waals surface area contributed by atoms with Crippen molar-refractivity contribution in [1.29, 1.82) is 0 Å². The van der Waals surface area contributed by atoms with E-state index in [1.165, 1.54) is 12.1 Å². The van der Waals surface area contributed by atoms with Crippen LogP contribution in [0.3, 0.4) is 0 Å². The number of nitrogens with two attached hydrogens (primary N) is 1. The van der Waals surface area contributed by atoms with Crippen LogP contribution in [0.25, 0.3) is 0 Å². The summed E-state index contributed by atoms with van der Waals surface area (Å²) in [5.41, 5.74) is 5.11. The Labute approximate surface area is 133 Å².